The van der Waals surface area contributed by atoms with Gasteiger partial charge in [-0.3, -0.25) is 4.72 Å². The van der Waals surface area contributed by atoms with Gasteiger partial charge in [0.05, 0.1) is 10.4 Å². The molecule has 0 saturated heterocycles. The van der Waals surface area contributed by atoms with E-state index in [0.29, 0.717) is 5.69 Å². The predicted octanol–water partition coefficient (Wildman–Crippen LogP) is 3.38. The summed E-state index contributed by atoms with van der Waals surface area (Å²) in [6.07, 6.45) is 4.95. The van der Waals surface area contributed by atoms with E-state index in [1.54, 1.807) is 42.6 Å². The van der Waals surface area contributed by atoms with Gasteiger partial charge in [0.15, 0.2) is 0 Å². The van der Waals surface area contributed by atoms with Crippen molar-refractivity contribution in [3.8, 4) is 0 Å². The molecule has 0 amide bonds. The minimum absolute atomic E-state index is 0.271. The van der Waals surface area contributed by atoms with Crippen molar-refractivity contribution in [1.29, 1.82) is 0 Å². The standard InChI is InChI=1S/C17H17N3O2S/c1-2-4-13-5-3-6-16(9-13)23(21,22)20-15-7-8-17-14(10-15)11-18-12-19-17/h3,5-12,20H,2,4H2,1H3. The number of rotatable bonds is 5. The highest BCUT2D eigenvalue weighted by Crippen LogP contribution is 2.21. The van der Waals surface area contributed by atoms with Gasteiger partial charge in [-0.05, 0) is 42.3 Å². The molecule has 0 aliphatic heterocycles. The summed E-state index contributed by atoms with van der Waals surface area (Å²) in [5.74, 6) is 0. The van der Waals surface area contributed by atoms with Crippen molar-refractivity contribution in [2.75, 3.05) is 4.72 Å². The van der Waals surface area contributed by atoms with Gasteiger partial charge in [0.25, 0.3) is 10.0 Å². The molecule has 0 aliphatic rings. The van der Waals surface area contributed by atoms with Crippen LogP contribution in [-0.2, 0) is 16.4 Å². The maximum atomic E-state index is 12.6. The lowest BCUT2D eigenvalue weighted by molar-refractivity contribution is 0.601. The van der Waals surface area contributed by atoms with E-state index >= 15 is 0 Å². The number of hydrogen-bond donors (Lipinski definition) is 1. The molecule has 6 heteroatoms. The SMILES string of the molecule is CCCc1cccc(S(=O)(=O)Nc2ccc3ncncc3c2)c1. The number of aryl methyl sites for hydroxylation is 1. The van der Waals surface area contributed by atoms with Crippen LogP contribution < -0.4 is 4.72 Å². The highest BCUT2D eigenvalue weighted by molar-refractivity contribution is 7.92. The van der Waals surface area contributed by atoms with Crippen LogP contribution in [-0.4, -0.2) is 18.4 Å². The molecule has 2 aromatic carbocycles. The summed E-state index contributed by atoms with van der Waals surface area (Å²) in [7, 11) is -3.61. The van der Waals surface area contributed by atoms with E-state index in [1.165, 1.54) is 6.33 Å². The van der Waals surface area contributed by atoms with Crippen LogP contribution in [0.3, 0.4) is 0 Å². The summed E-state index contributed by atoms with van der Waals surface area (Å²) in [5, 5.41) is 0.785. The van der Waals surface area contributed by atoms with Gasteiger partial charge in [0.2, 0.25) is 0 Å². The molecule has 3 rings (SSSR count). The molecule has 23 heavy (non-hydrogen) atoms. The van der Waals surface area contributed by atoms with Crippen molar-refractivity contribution < 1.29 is 8.42 Å². The lowest BCUT2D eigenvalue weighted by Crippen LogP contribution is -2.13. The quantitative estimate of drug-likeness (QED) is 0.780. The molecule has 0 bridgehead atoms. The van der Waals surface area contributed by atoms with E-state index in [2.05, 4.69) is 21.6 Å². The minimum Gasteiger partial charge on any atom is -0.280 e. The average Bonchev–Trinajstić information content (AvgIpc) is 2.55. The van der Waals surface area contributed by atoms with E-state index in [0.717, 1.165) is 29.3 Å². The summed E-state index contributed by atoms with van der Waals surface area (Å²) in [4.78, 5) is 8.34. The van der Waals surface area contributed by atoms with E-state index < -0.39 is 10.0 Å². The van der Waals surface area contributed by atoms with Crippen molar-refractivity contribution in [2.24, 2.45) is 0 Å². The smallest absolute Gasteiger partial charge is 0.261 e. The van der Waals surface area contributed by atoms with Crippen LogP contribution in [0.4, 0.5) is 5.69 Å². The zero-order valence-corrected chi connectivity index (χ0v) is 13.5. The Morgan fingerprint density at radius 1 is 1.13 bits per heavy atom. The summed E-state index contributed by atoms with van der Waals surface area (Å²) in [6.45, 7) is 2.07. The van der Waals surface area contributed by atoms with E-state index in [1.807, 2.05) is 6.07 Å². The average molecular weight is 327 g/mol. The molecule has 0 spiro atoms. The van der Waals surface area contributed by atoms with Crippen molar-refractivity contribution in [2.45, 2.75) is 24.7 Å². The zero-order chi connectivity index (χ0) is 16.3. The molecular weight excluding hydrogens is 310 g/mol. The molecule has 0 radical (unpaired) electrons. The Kier molecular flexibility index (Phi) is 4.25. The number of sulfonamides is 1. The van der Waals surface area contributed by atoms with Crippen molar-refractivity contribution in [3.63, 3.8) is 0 Å². The first-order chi connectivity index (χ1) is 11.1. The summed E-state index contributed by atoms with van der Waals surface area (Å²) >= 11 is 0. The second-order valence-corrected chi connectivity index (χ2v) is 6.98. The summed E-state index contributed by atoms with van der Waals surface area (Å²) in [6, 6.07) is 12.2. The summed E-state index contributed by atoms with van der Waals surface area (Å²) < 4.78 is 27.7. The van der Waals surface area contributed by atoms with Gasteiger partial charge in [-0.2, -0.15) is 0 Å². The number of fused-ring (bicyclic) bond motifs is 1. The highest BCUT2D eigenvalue weighted by Gasteiger charge is 2.14. The topological polar surface area (TPSA) is 72.0 Å². The molecule has 1 heterocycles. The van der Waals surface area contributed by atoms with Gasteiger partial charge >= 0.3 is 0 Å². The van der Waals surface area contributed by atoms with E-state index in [4.69, 9.17) is 0 Å². The lowest BCUT2D eigenvalue weighted by atomic mass is 10.1. The zero-order valence-electron chi connectivity index (χ0n) is 12.7. The van der Waals surface area contributed by atoms with Crippen LogP contribution >= 0.6 is 0 Å². The van der Waals surface area contributed by atoms with Crippen LogP contribution in [0.2, 0.25) is 0 Å². The maximum absolute atomic E-state index is 12.6. The third-order valence-electron chi connectivity index (χ3n) is 3.50. The highest BCUT2D eigenvalue weighted by atomic mass is 32.2. The van der Waals surface area contributed by atoms with E-state index in [9.17, 15) is 8.42 Å². The van der Waals surface area contributed by atoms with Gasteiger partial charge < -0.3 is 0 Å². The van der Waals surface area contributed by atoms with Crippen LogP contribution in [0.25, 0.3) is 10.9 Å². The van der Waals surface area contributed by atoms with Gasteiger partial charge in [-0.25, -0.2) is 18.4 Å². The lowest BCUT2D eigenvalue weighted by Gasteiger charge is -2.10. The third-order valence-corrected chi connectivity index (χ3v) is 4.88. The van der Waals surface area contributed by atoms with Crippen LogP contribution in [0.15, 0.2) is 59.9 Å². The minimum atomic E-state index is -3.61. The number of aromatic nitrogens is 2. The molecule has 0 unspecified atom stereocenters. The van der Waals surface area contributed by atoms with Crippen molar-refractivity contribution in [3.05, 3.63) is 60.6 Å². The van der Waals surface area contributed by atoms with Gasteiger partial charge in [0.1, 0.15) is 6.33 Å². The first kappa shape index (κ1) is 15.4. The number of nitrogens with one attached hydrogen (secondary N) is 1. The van der Waals surface area contributed by atoms with Crippen molar-refractivity contribution >= 4 is 26.6 Å². The number of anilines is 1. The van der Waals surface area contributed by atoms with Gasteiger partial charge in [-0.1, -0.05) is 25.5 Å². The molecule has 0 aliphatic carbocycles. The van der Waals surface area contributed by atoms with Crippen LogP contribution in [0.1, 0.15) is 18.9 Å². The fourth-order valence-electron chi connectivity index (χ4n) is 2.42. The molecule has 0 fully saturated rings. The van der Waals surface area contributed by atoms with Gasteiger partial charge in [0, 0.05) is 17.3 Å². The number of benzene rings is 2. The second kappa shape index (κ2) is 6.34. The monoisotopic (exact) mass is 327 g/mol. The Morgan fingerprint density at radius 3 is 2.83 bits per heavy atom. The normalized spacial score (nSPS) is 11.5. The third kappa shape index (κ3) is 3.48. The van der Waals surface area contributed by atoms with Crippen molar-refractivity contribution in [1.82, 2.24) is 9.97 Å². The first-order valence-corrected chi connectivity index (χ1v) is 8.88. The Morgan fingerprint density at radius 2 is 2.00 bits per heavy atom. The molecule has 0 saturated carbocycles. The van der Waals surface area contributed by atoms with Gasteiger partial charge in [-0.15, -0.1) is 0 Å². The Balaban J connectivity index is 1.91. The Labute approximate surface area is 135 Å². The second-order valence-electron chi connectivity index (χ2n) is 5.30. The Hall–Kier alpha value is -2.47. The molecule has 118 valence electrons. The van der Waals surface area contributed by atoms with E-state index in [-0.39, 0.29) is 4.90 Å². The molecular formula is C17H17N3O2S. The molecule has 1 N–H and O–H groups in total. The fraction of sp³-hybridized carbons (Fsp3) is 0.176. The summed E-state index contributed by atoms with van der Waals surface area (Å²) in [5.41, 5.74) is 2.28. The predicted molar refractivity (Wildman–Crippen MR) is 90.8 cm³/mol. The fourth-order valence-corrected chi connectivity index (χ4v) is 3.54. The van der Waals surface area contributed by atoms with Crippen LogP contribution in [0.5, 0.6) is 0 Å². The molecule has 3 aromatic rings. The largest absolute Gasteiger partial charge is 0.280 e. The number of nitrogens with zero attached hydrogens (tertiary/aromatic N) is 2. The maximum Gasteiger partial charge on any atom is 0.261 e. The molecule has 5 nitrogen and oxygen atoms in total. The first-order valence-electron chi connectivity index (χ1n) is 7.40. The van der Waals surface area contributed by atoms with Crippen LogP contribution in [0, 0.1) is 0 Å². The Bertz CT molecular complexity index is 939. The number of hydrogen-bond acceptors (Lipinski definition) is 4. The molecule has 0 atom stereocenters. The molecule has 1 aromatic heterocycles.